The Kier molecular flexibility index (Phi) is 3.35. The van der Waals surface area contributed by atoms with Gasteiger partial charge in [0, 0.05) is 0 Å². The summed E-state index contributed by atoms with van der Waals surface area (Å²) >= 11 is 13.9. The summed E-state index contributed by atoms with van der Waals surface area (Å²) in [4.78, 5) is 8.10. The van der Waals surface area contributed by atoms with Crippen molar-refractivity contribution in [2.45, 2.75) is 16.3 Å². The molecule has 0 saturated carbocycles. The third-order valence-electron chi connectivity index (χ3n) is 1.28. The number of hydrogen-bond donors (Lipinski definition) is 0. The predicted molar refractivity (Wildman–Crippen MR) is 58.6 cm³/mol. The highest BCUT2D eigenvalue weighted by Gasteiger charge is 2.10. The van der Waals surface area contributed by atoms with Gasteiger partial charge in [-0.25, -0.2) is 9.97 Å². The number of aryl methyl sites for hydroxylation is 1. The predicted octanol–water partition coefficient (Wildman–Crippen LogP) is 2.49. The fraction of sp³-hybridized carbons (Fsp3) is 0.167. The molecule has 0 spiro atoms. The van der Waals surface area contributed by atoms with Crippen molar-refractivity contribution in [1.29, 1.82) is 0 Å². The Hall–Kier alpha value is -0.500. The number of rotatable bonds is 2. The lowest BCUT2D eigenvalue weighted by molar-refractivity contribution is 0.904. The second-order valence-corrected chi connectivity index (χ2v) is 5.07. The van der Waals surface area contributed by atoms with E-state index in [1.165, 1.54) is 23.3 Å². The molecule has 15 heavy (non-hydrogen) atoms. The van der Waals surface area contributed by atoms with E-state index in [1.807, 2.05) is 6.92 Å². The van der Waals surface area contributed by atoms with E-state index in [0.717, 1.165) is 4.34 Å². The van der Waals surface area contributed by atoms with Crippen molar-refractivity contribution < 1.29 is 0 Å². The Morgan fingerprint density at radius 3 is 2.67 bits per heavy atom. The molecule has 2 aromatic rings. The Labute approximate surface area is 103 Å². The Balaban J connectivity index is 2.27. The molecule has 0 unspecified atom stereocenters. The van der Waals surface area contributed by atoms with Crippen molar-refractivity contribution in [2.24, 2.45) is 0 Å². The molecular formula is C6H3Cl2N5S2. The number of nitrogens with zero attached hydrogens (tertiary/aromatic N) is 5. The molecule has 0 fully saturated rings. The topological polar surface area (TPSA) is 64.5 Å². The molecule has 2 aromatic heterocycles. The van der Waals surface area contributed by atoms with Crippen LogP contribution in [0.2, 0.25) is 10.4 Å². The molecule has 0 bridgehead atoms. The lowest BCUT2D eigenvalue weighted by Crippen LogP contribution is -1.91. The summed E-state index contributed by atoms with van der Waals surface area (Å²) < 4.78 is 4.78. The molecule has 0 aliphatic rings. The SMILES string of the molecule is Cc1nsc(Sc2nc(Cl)nnc2Cl)n1. The van der Waals surface area contributed by atoms with Crippen LogP contribution in [0.4, 0.5) is 0 Å². The zero-order valence-electron chi connectivity index (χ0n) is 7.31. The molecule has 78 valence electrons. The Morgan fingerprint density at radius 1 is 1.20 bits per heavy atom. The summed E-state index contributed by atoms with van der Waals surface area (Å²) in [5.41, 5.74) is 0. The van der Waals surface area contributed by atoms with Crippen LogP contribution in [0.5, 0.6) is 0 Å². The van der Waals surface area contributed by atoms with E-state index in [4.69, 9.17) is 23.2 Å². The normalized spacial score (nSPS) is 10.6. The van der Waals surface area contributed by atoms with E-state index in [2.05, 4.69) is 24.5 Å². The van der Waals surface area contributed by atoms with Gasteiger partial charge in [0.15, 0.2) is 9.49 Å². The average Bonchev–Trinajstić information content (AvgIpc) is 2.58. The van der Waals surface area contributed by atoms with Gasteiger partial charge in [-0.1, -0.05) is 11.6 Å². The van der Waals surface area contributed by atoms with Gasteiger partial charge < -0.3 is 0 Å². The molecule has 0 saturated heterocycles. The van der Waals surface area contributed by atoms with Crippen LogP contribution in [0.3, 0.4) is 0 Å². The van der Waals surface area contributed by atoms with Gasteiger partial charge in [-0.2, -0.15) is 4.37 Å². The smallest absolute Gasteiger partial charge is 0.213 e. The van der Waals surface area contributed by atoms with Gasteiger partial charge in [-0.15, -0.1) is 10.2 Å². The first kappa shape index (κ1) is 11.0. The number of hydrogen-bond acceptors (Lipinski definition) is 7. The highest BCUT2D eigenvalue weighted by Crippen LogP contribution is 2.31. The van der Waals surface area contributed by atoms with Crippen LogP contribution in [0.15, 0.2) is 9.37 Å². The molecule has 0 atom stereocenters. The van der Waals surface area contributed by atoms with Crippen LogP contribution in [0.1, 0.15) is 5.82 Å². The van der Waals surface area contributed by atoms with Gasteiger partial charge in [-0.3, -0.25) is 0 Å². The zero-order chi connectivity index (χ0) is 10.8. The molecule has 9 heteroatoms. The maximum atomic E-state index is 5.79. The molecule has 0 aliphatic heterocycles. The van der Waals surface area contributed by atoms with E-state index in [-0.39, 0.29) is 10.4 Å². The van der Waals surface area contributed by atoms with Crippen LogP contribution in [-0.2, 0) is 0 Å². The fourth-order valence-electron chi connectivity index (χ4n) is 0.747. The highest BCUT2D eigenvalue weighted by molar-refractivity contribution is 8.01. The van der Waals surface area contributed by atoms with Crippen LogP contribution < -0.4 is 0 Å². The largest absolute Gasteiger partial charge is 0.244 e. The van der Waals surface area contributed by atoms with E-state index in [9.17, 15) is 0 Å². The van der Waals surface area contributed by atoms with Gasteiger partial charge in [0.2, 0.25) is 5.28 Å². The van der Waals surface area contributed by atoms with Gasteiger partial charge >= 0.3 is 0 Å². The summed E-state index contributed by atoms with van der Waals surface area (Å²) in [6, 6.07) is 0. The van der Waals surface area contributed by atoms with Gasteiger partial charge in [-0.05, 0) is 41.8 Å². The third kappa shape index (κ3) is 2.75. The molecule has 2 rings (SSSR count). The lowest BCUT2D eigenvalue weighted by atomic mass is 10.8. The highest BCUT2D eigenvalue weighted by atomic mass is 35.5. The van der Waals surface area contributed by atoms with Crippen LogP contribution in [-0.4, -0.2) is 24.5 Å². The molecule has 0 aromatic carbocycles. The van der Waals surface area contributed by atoms with Crippen LogP contribution in [0.25, 0.3) is 0 Å². The van der Waals surface area contributed by atoms with Crippen LogP contribution >= 0.6 is 46.5 Å². The fourth-order valence-corrected chi connectivity index (χ4v) is 2.64. The van der Waals surface area contributed by atoms with Crippen LogP contribution in [0, 0.1) is 6.92 Å². The summed E-state index contributed by atoms with van der Waals surface area (Å²) in [5, 5.41) is 7.89. The first-order valence-electron chi connectivity index (χ1n) is 3.69. The third-order valence-corrected chi connectivity index (χ3v) is 3.63. The summed E-state index contributed by atoms with van der Waals surface area (Å²) in [7, 11) is 0. The Morgan fingerprint density at radius 2 is 2.00 bits per heavy atom. The summed E-state index contributed by atoms with van der Waals surface area (Å²) in [6.07, 6.45) is 0. The first-order valence-corrected chi connectivity index (χ1v) is 6.03. The van der Waals surface area contributed by atoms with Crippen molar-refractivity contribution in [1.82, 2.24) is 24.5 Å². The molecule has 0 aliphatic carbocycles. The van der Waals surface area contributed by atoms with E-state index >= 15 is 0 Å². The van der Waals surface area contributed by atoms with Gasteiger partial charge in [0.25, 0.3) is 0 Å². The van der Waals surface area contributed by atoms with Crippen molar-refractivity contribution in [3.8, 4) is 0 Å². The second-order valence-electron chi connectivity index (χ2n) is 2.39. The summed E-state index contributed by atoms with van der Waals surface area (Å²) in [6.45, 7) is 1.81. The van der Waals surface area contributed by atoms with Crippen molar-refractivity contribution in [3.05, 3.63) is 16.3 Å². The van der Waals surface area contributed by atoms with Gasteiger partial charge in [0.1, 0.15) is 10.9 Å². The minimum absolute atomic E-state index is 0.0585. The number of aromatic nitrogens is 5. The second kappa shape index (κ2) is 4.56. The molecule has 5 nitrogen and oxygen atoms in total. The van der Waals surface area contributed by atoms with Crippen molar-refractivity contribution in [2.75, 3.05) is 0 Å². The first-order chi connectivity index (χ1) is 7.15. The molecule has 2 heterocycles. The summed E-state index contributed by atoms with van der Waals surface area (Å²) in [5.74, 6) is 0.715. The molecule has 0 radical (unpaired) electrons. The van der Waals surface area contributed by atoms with E-state index in [0.29, 0.717) is 10.9 Å². The maximum Gasteiger partial charge on any atom is 0.244 e. The van der Waals surface area contributed by atoms with Crippen molar-refractivity contribution >= 4 is 46.5 Å². The van der Waals surface area contributed by atoms with E-state index in [1.54, 1.807) is 0 Å². The molecular weight excluding hydrogens is 277 g/mol. The average molecular weight is 280 g/mol. The monoisotopic (exact) mass is 279 g/mol. The van der Waals surface area contributed by atoms with E-state index < -0.39 is 0 Å². The molecule has 0 amide bonds. The Bertz CT molecular complexity index is 488. The lowest BCUT2D eigenvalue weighted by Gasteiger charge is -1.97. The van der Waals surface area contributed by atoms with Crippen molar-refractivity contribution in [3.63, 3.8) is 0 Å². The minimum Gasteiger partial charge on any atom is -0.213 e. The zero-order valence-corrected chi connectivity index (χ0v) is 10.5. The quantitative estimate of drug-likeness (QED) is 0.842. The molecule has 0 N–H and O–H groups in total. The minimum atomic E-state index is 0.0585. The van der Waals surface area contributed by atoms with Gasteiger partial charge in [0.05, 0.1) is 0 Å². The maximum absolute atomic E-state index is 5.79. The number of halogens is 2. The standard InChI is InChI=1S/C6H3Cl2N5S2/c1-2-9-6(15-13-2)14-4-3(7)11-12-5(8)10-4/h1H3.